The van der Waals surface area contributed by atoms with Crippen molar-refractivity contribution in [3.05, 3.63) is 100 Å². The molecule has 1 N–H and O–H groups in total. The Balaban J connectivity index is 1.84. The number of non-ortho nitro benzene ring substituents is 1. The molecule has 0 atom stereocenters. The Hall–Kier alpha value is -4.12. The third-order valence-corrected chi connectivity index (χ3v) is 6.36. The maximum Gasteiger partial charge on any atom is 0.269 e. The van der Waals surface area contributed by atoms with E-state index in [9.17, 15) is 27.7 Å². The molecule has 0 spiro atoms. The van der Waals surface area contributed by atoms with Gasteiger partial charge in [-0.3, -0.25) is 19.2 Å². The topological polar surface area (TPSA) is 122 Å². The molecule has 0 heterocycles. The standard InChI is InChI=1S/C22H19FN4O5S/c1-16(17-11-13-18(14-12-17)27(29)30)24-25-22(28)15-26(21-10-6-5-9-20(21)23)33(31,32)19-7-3-2-4-8-19/h2-14H,15H2,1H3,(H,25,28)/b24-16-. The van der Waals surface area contributed by atoms with Crippen LogP contribution in [0.15, 0.2) is 88.9 Å². The maximum absolute atomic E-state index is 14.4. The van der Waals surface area contributed by atoms with E-state index in [4.69, 9.17) is 0 Å². The molecule has 11 heteroatoms. The fourth-order valence-electron chi connectivity index (χ4n) is 2.87. The Labute approximate surface area is 189 Å². The number of para-hydroxylation sites is 1. The van der Waals surface area contributed by atoms with E-state index in [1.807, 2.05) is 0 Å². The van der Waals surface area contributed by atoms with Crippen LogP contribution in [0.5, 0.6) is 0 Å². The molecular formula is C22H19FN4O5S. The highest BCUT2D eigenvalue weighted by molar-refractivity contribution is 7.92. The summed E-state index contributed by atoms with van der Waals surface area (Å²) in [5.41, 5.74) is 2.72. The number of nitro benzene ring substituents is 1. The van der Waals surface area contributed by atoms with E-state index in [2.05, 4.69) is 10.5 Å². The van der Waals surface area contributed by atoms with Gasteiger partial charge in [-0.05, 0) is 48.9 Å². The number of anilines is 1. The summed E-state index contributed by atoms with van der Waals surface area (Å²) in [6.45, 7) is 0.839. The second kappa shape index (κ2) is 10.0. The zero-order valence-corrected chi connectivity index (χ0v) is 18.2. The number of benzene rings is 3. The Morgan fingerprint density at radius 1 is 1.03 bits per heavy atom. The third-order valence-electron chi connectivity index (χ3n) is 4.58. The van der Waals surface area contributed by atoms with Crippen molar-refractivity contribution in [3.63, 3.8) is 0 Å². The predicted octanol–water partition coefficient (Wildman–Crippen LogP) is 3.47. The minimum absolute atomic E-state index is 0.0952. The van der Waals surface area contributed by atoms with E-state index >= 15 is 0 Å². The van der Waals surface area contributed by atoms with Crippen LogP contribution >= 0.6 is 0 Å². The van der Waals surface area contributed by atoms with Gasteiger partial charge in [0.25, 0.3) is 21.6 Å². The number of hydrogen-bond acceptors (Lipinski definition) is 6. The van der Waals surface area contributed by atoms with Crippen LogP contribution in [0, 0.1) is 15.9 Å². The summed E-state index contributed by atoms with van der Waals surface area (Å²) in [5, 5.41) is 14.7. The summed E-state index contributed by atoms with van der Waals surface area (Å²) in [6.07, 6.45) is 0. The van der Waals surface area contributed by atoms with Crippen LogP contribution in [0.3, 0.4) is 0 Å². The first kappa shape index (κ1) is 23.5. The minimum Gasteiger partial charge on any atom is -0.271 e. The van der Waals surface area contributed by atoms with E-state index in [0.717, 1.165) is 6.07 Å². The van der Waals surface area contributed by atoms with Gasteiger partial charge in [0.05, 0.1) is 21.2 Å². The lowest BCUT2D eigenvalue weighted by Crippen LogP contribution is -2.40. The highest BCUT2D eigenvalue weighted by Crippen LogP contribution is 2.26. The van der Waals surface area contributed by atoms with Crippen LogP contribution in [0.4, 0.5) is 15.8 Å². The number of sulfonamides is 1. The van der Waals surface area contributed by atoms with Gasteiger partial charge in [0.1, 0.15) is 12.4 Å². The molecule has 0 bridgehead atoms. The Morgan fingerprint density at radius 3 is 2.24 bits per heavy atom. The van der Waals surface area contributed by atoms with Crippen LogP contribution < -0.4 is 9.73 Å². The lowest BCUT2D eigenvalue weighted by molar-refractivity contribution is -0.384. The van der Waals surface area contributed by atoms with Gasteiger partial charge in [-0.25, -0.2) is 18.2 Å². The second-order valence-electron chi connectivity index (χ2n) is 6.81. The average Bonchev–Trinajstić information content (AvgIpc) is 2.82. The summed E-state index contributed by atoms with van der Waals surface area (Å²) in [5.74, 6) is -1.62. The van der Waals surface area contributed by atoms with Gasteiger partial charge < -0.3 is 0 Å². The highest BCUT2D eigenvalue weighted by Gasteiger charge is 2.29. The number of hydrazone groups is 1. The molecule has 33 heavy (non-hydrogen) atoms. The first-order valence-corrected chi connectivity index (χ1v) is 11.0. The number of nitrogens with zero attached hydrogens (tertiary/aromatic N) is 3. The number of halogens is 1. The third kappa shape index (κ3) is 5.57. The summed E-state index contributed by atoms with van der Waals surface area (Å²) in [6, 6.07) is 18.1. The second-order valence-corrected chi connectivity index (χ2v) is 8.67. The maximum atomic E-state index is 14.4. The molecule has 0 saturated heterocycles. The quantitative estimate of drug-likeness (QED) is 0.307. The van der Waals surface area contributed by atoms with Crippen molar-refractivity contribution < 1.29 is 22.5 Å². The van der Waals surface area contributed by atoms with Crippen molar-refractivity contribution >= 4 is 33.0 Å². The number of nitrogens with one attached hydrogen (secondary N) is 1. The van der Waals surface area contributed by atoms with Crippen LogP contribution in [-0.2, 0) is 14.8 Å². The molecule has 9 nitrogen and oxygen atoms in total. The van der Waals surface area contributed by atoms with Gasteiger partial charge in [0.2, 0.25) is 0 Å². The largest absolute Gasteiger partial charge is 0.271 e. The molecule has 0 saturated carbocycles. The molecule has 0 radical (unpaired) electrons. The minimum atomic E-state index is -4.26. The monoisotopic (exact) mass is 470 g/mol. The first-order valence-electron chi connectivity index (χ1n) is 9.60. The zero-order valence-electron chi connectivity index (χ0n) is 17.4. The lowest BCUT2D eigenvalue weighted by atomic mass is 10.1. The predicted molar refractivity (Wildman–Crippen MR) is 121 cm³/mol. The highest BCUT2D eigenvalue weighted by atomic mass is 32.2. The van der Waals surface area contributed by atoms with Crippen LogP contribution in [0.25, 0.3) is 0 Å². The Kier molecular flexibility index (Phi) is 7.13. The molecule has 3 aromatic rings. The van der Waals surface area contributed by atoms with Crippen LogP contribution in [-0.4, -0.2) is 31.5 Å². The van der Waals surface area contributed by atoms with Crippen LogP contribution in [0.1, 0.15) is 12.5 Å². The number of amides is 1. The molecule has 0 aliphatic rings. The normalized spacial score (nSPS) is 11.6. The number of nitro groups is 1. The summed E-state index contributed by atoms with van der Waals surface area (Å²) in [4.78, 5) is 22.7. The number of carbonyl (C=O) groups excluding carboxylic acids is 1. The Morgan fingerprint density at radius 2 is 1.64 bits per heavy atom. The first-order chi connectivity index (χ1) is 15.7. The Bertz CT molecular complexity index is 1300. The van der Waals surface area contributed by atoms with Gasteiger partial charge >= 0.3 is 0 Å². The smallest absolute Gasteiger partial charge is 0.269 e. The number of carbonyl (C=O) groups is 1. The van der Waals surface area contributed by atoms with E-state index in [1.54, 1.807) is 13.0 Å². The number of hydrogen-bond donors (Lipinski definition) is 1. The van der Waals surface area contributed by atoms with Crippen molar-refractivity contribution in [1.82, 2.24) is 5.43 Å². The van der Waals surface area contributed by atoms with Crippen molar-refractivity contribution in [1.29, 1.82) is 0 Å². The van der Waals surface area contributed by atoms with Crippen molar-refractivity contribution in [3.8, 4) is 0 Å². The molecule has 3 aromatic carbocycles. The van der Waals surface area contributed by atoms with Crippen molar-refractivity contribution in [2.45, 2.75) is 11.8 Å². The van der Waals surface area contributed by atoms with Gasteiger partial charge in [0, 0.05) is 12.1 Å². The van der Waals surface area contributed by atoms with Gasteiger partial charge in [-0.1, -0.05) is 30.3 Å². The summed E-state index contributed by atoms with van der Waals surface area (Å²) >= 11 is 0. The molecule has 0 aromatic heterocycles. The van der Waals surface area contributed by atoms with E-state index < -0.39 is 33.2 Å². The van der Waals surface area contributed by atoms with Gasteiger partial charge in [-0.15, -0.1) is 0 Å². The number of rotatable bonds is 8. The molecule has 0 aliphatic heterocycles. The van der Waals surface area contributed by atoms with Gasteiger partial charge in [-0.2, -0.15) is 5.10 Å². The molecule has 0 aliphatic carbocycles. The molecule has 3 rings (SSSR count). The van der Waals surface area contributed by atoms with Gasteiger partial charge in [0.15, 0.2) is 0 Å². The van der Waals surface area contributed by atoms with E-state index in [-0.39, 0.29) is 16.3 Å². The molecule has 1 amide bonds. The lowest BCUT2D eigenvalue weighted by Gasteiger charge is -2.24. The zero-order chi connectivity index (χ0) is 24.0. The SMILES string of the molecule is C/C(=N/NC(=O)CN(c1ccccc1F)S(=O)(=O)c1ccccc1)c1ccc([N+](=O)[O-])cc1. The molecule has 0 unspecified atom stereocenters. The fraction of sp³-hybridized carbons (Fsp3) is 0.0909. The van der Waals surface area contributed by atoms with E-state index in [0.29, 0.717) is 15.6 Å². The average molecular weight is 470 g/mol. The van der Waals surface area contributed by atoms with Crippen molar-refractivity contribution in [2.24, 2.45) is 5.10 Å². The van der Waals surface area contributed by atoms with Crippen LogP contribution in [0.2, 0.25) is 0 Å². The van der Waals surface area contributed by atoms with Crippen molar-refractivity contribution in [2.75, 3.05) is 10.8 Å². The van der Waals surface area contributed by atoms with E-state index in [1.165, 1.54) is 66.7 Å². The molecule has 0 fully saturated rings. The summed E-state index contributed by atoms with van der Waals surface area (Å²) in [7, 11) is -4.26. The molecule has 170 valence electrons. The molecular weight excluding hydrogens is 451 g/mol. The fourth-order valence-corrected chi connectivity index (χ4v) is 4.32. The summed E-state index contributed by atoms with van der Waals surface area (Å²) < 4.78 is 41.4.